The molecule has 0 fully saturated rings. The summed E-state index contributed by atoms with van der Waals surface area (Å²) < 4.78 is 1.10. The maximum absolute atomic E-state index is 5.68. The average Bonchev–Trinajstić information content (AvgIpc) is 2.87. The van der Waals surface area contributed by atoms with Gasteiger partial charge in [0.05, 0.1) is 6.04 Å². The minimum absolute atomic E-state index is 0.191. The topological polar surface area (TPSA) is 38.0 Å². The molecule has 0 radical (unpaired) electrons. The first kappa shape index (κ1) is 13.7. The standard InChI is InChI=1S/C14H17BrN2S/c1-2-12-7-8-14(18-12)13(17-16)9-10-3-5-11(15)6-4-10/h3-8,13,17H,2,9,16H2,1H3. The second kappa shape index (κ2) is 6.48. The molecule has 0 spiro atoms. The van der Waals surface area contributed by atoms with Gasteiger partial charge in [0, 0.05) is 14.2 Å². The van der Waals surface area contributed by atoms with E-state index in [1.165, 1.54) is 15.3 Å². The molecule has 18 heavy (non-hydrogen) atoms. The van der Waals surface area contributed by atoms with Crippen molar-refractivity contribution < 1.29 is 0 Å². The fraction of sp³-hybridized carbons (Fsp3) is 0.286. The lowest BCUT2D eigenvalue weighted by molar-refractivity contribution is 0.560. The van der Waals surface area contributed by atoms with Gasteiger partial charge in [-0.3, -0.25) is 11.3 Å². The molecule has 0 saturated carbocycles. The monoisotopic (exact) mass is 324 g/mol. The Kier molecular flexibility index (Phi) is 4.95. The highest BCUT2D eigenvalue weighted by Gasteiger charge is 2.12. The van der Waals surface area contributed by atoms with Gasteiger partial charge in [0.15, 0.2) is 0 Å². The minimum Gasteiger partial charge on any atom is -0.271 e. The van der Waals surface area contributed by atoms with E-state index in [0.29, 0.717) is 0 Å². The Balaban J connectivity index is 2.11. The van der Waals surface area contributed by atoms with Gasteiger partial charge < -0.3 is 0 Å². The molecule has 0 aliphatic heterocycles. The Morgan fingerprint density at radius 3 is 2.50 bits per heavy atom. The van der Waals surface area contributed by atoms with E-state index in [1.807, 2.05) is 11.3 Å². The van der Waals surface area contributed by atoms with Crippen LogP contribution in [0.5, 0.6) is 0 Å². The van der Waals surface area contributed by atoms with Crippen LogP contribution >= 0.6 is 27.3 Å². The summed E-state index contributed by atoms with van der Waals surface area (Å²) in [7, 11) is 0. The third-order valence-electron chi connectivity index (χ3n) is 2.93. The van der Waals surface area contributed by atoms with Crippen LogP contribution in [-0.4, -0.2) is 0 Å². The summed E-state index contributed by atoms with van der Waals surface area (Å²) in [5, 5.41) is 0. The minimum atomic E-state index is 0.191. The van der Waals surface area contributed by atoms with E-state index in [0.717, 1.165) is 17.3 Å². The quantitative estimate of drug-likeness (QED) is 0.648. The van der Waals surface area contributed by atoms with Crippen LogP contribution in [0.3, 0.4) is 0 Å². The van der Waals surface area contributed by atoms with Crippen LogP contribution in [0.15, 0.2) is 40.9 Å². The fourth-order valence-electron chi connectivity index (χ4n) is 1.87. The smallest absolute Gasteiger partial charge is 0.0593 e. The van der Waals surface area contributed by atoms with Crippen LogP contribution in [0.2, 0.25) is 0 Å². The first-order valence-electron chi connectivity index (χ1n) is 6.02. The Hall–Kier alpha value is -0.680. The van der Waals surface area contributed by atoms with E-state index in [1.54, 1.807) is 0 Å². The number of hydrogen-bond donors (Lipinski definition) is 2. The predicted octanol–water partition coefficient (Wildman–Crippen LogP) is 3.82. The van der Waals surface area contributed by atoms with E-state index in [2.05, 4.69) is 64.7 Å². The Morgan fingerprint density at radius 1 is 1.22 bits per heavy atom. The van der Waals surface area contributed by atoms with E-state index in [-0.39, 0.29) is 6.04 Å². The molecule has 4 heteroatoms. The summed E-state index contributed by atoms with van der Waals surface area (Å²) in [5.74, 6) is 5.68. The molecule has 1 heterocycles. The summed E-state index contributed by atoms with van der Waals surface area (Å²) in [6.45, 7) is 2.18. The molecule has 0 bridgehead atoms. The zero-order valence-electron chi connectivity index (χ0n) is 10.3. The predicted molar refractivity (Wildman–Crippen MR) is 81.6 cm³/mol. The third-order valence-corrected chi connectivity index (χ3v) is 4.80. The summed E-state index contributed by atoms with van der Waals surface area (Å²) in [6, 6.07) is 12.9. The second-order valence-electron chi connectivity index (χ2n) is 4.21. The number of thiophene rings is 1. The molecule has 0 aliphatic rings. The molecular weight excluding hydrogens is 308 g/mol. The summed E-state index contributed by atoms with van der Waals surface area (Å²) >= 11 is 5.28. The zero-order valence-corrected chi connectivity index (χ0v) is 12.7. The molecule has 2 nitrogen and oxygen atoms in total. The van der Waals surface area contributed by atoms with Crippen molar-refractivity contribution in [1.82, 2.24) is 5.43 Å². The van der Waals surface area contributed by atoms with Crippen LogP contribution in [0.25, 0.3) is 0 Å². The molecule has 2 aromatic rings. The first-order valence-corrected chi connectivity index (χ1v) is 7.63. The number of halogens is 1. The molecule has 96 valence electrons. The highest BCUT2D eigenvalue weighted by atomic mass is 79.9. The Labute approximate surface area is 120 Å². The lowest BCUT2D eigenvalue weighted by Crippen LogP contribution is -2.28. The molecule has 0 aliphatic carbocycles. The van der Waals surface area contributed by atoms with E-state index < -0.39 is 0 Å². The number of nitrogens with one attached hydrogen (secondary N) is 1. The van der Waals surface area contributed by atoms with Crippen molar-refractivity contribution in [2.24, 2.45) is 5.84 Å². The van der Waals surface area contributed by atoms with Gasteiger partial charge in [0.2, 0.25) is 0 Å². The number of benzene rings is 1. The second-order valence-corrected chi connectivity index (χ2v) is 6.32. The molecule has 0 amide bonds. The molecule has 2 rings (SSSR count). The van der Waals surface area contributed by atoms with Gasteiger partial charge in [-0.2, -0.15) is 0 Å². The van der Waals surface area contributed by atoms with Crippen LogP contribution < -0.4 is 11.3 Å². The zero-order chi connectivity index (χ0) is 13.0. The maximum atomic E-state index is 5.68. The van der Waals surface area contributed by atoms with Crippen LogP contribution in [0.4, 0.5) is 0 Å². The molecule has 1 aromatic carbocycles. The van der Waals surface area contributed by atoms with Crippen molar-refractivity contribution in [3.63, 3.8) is 0 Å². The van der Waals surface area contributed by atoms with Crippen molar-refractivity contribution in [1.29, 1.82) is 0 Å². The Morgan fingerprint density at radius 2 is 1.94 bits per heavy atom. The van der Waals surface area contributed by atoms with Gasteiger partial charge in [0.25, 0.3) is 0 Å². The lowest BCUT2D eigenvalue weighted by Gasteiger charge is -2.14. The molecule has 0 saturated heterocycles. The van der Waals surface area contributed by atoms with E-state index >= 15 is 0 Å². The summed E-state index contributed by atoms with van der Waals surface area (Å²) in [5.41, 5.74) is 4.20. The molecule has 1 unspecified atom stereocenters. The molecular formula is C14H17BrN2S. The van der Waals surface area contributed by atoms with E-state index in [9.17, 15) is 0 Å². The fourth-order valence-corrected chi connectivity index (χ4v) is 3.15. The van der Waals surface area contributed by atoms with Crippen molar-refractivity contribution in [2.45, 2.75) is 25.8 Å². The van der Waals surface area contributed by atoms with Crippen molar-refractivity contribution in [3.05, 3.63) is 56.2 Å². The van der Waals surface area contributed by atoms with Gasteiger partial charge in [0.1, 0.15) is 0 Å². The van der Waals surface area contributed by atoms with Gasteiger partial charge in [-0.15, -0.1) is 11.3 Å². The highest BCUT2D eigenvalue weighted by Crippen LogP contribution is 2.26. The van der Waals surface area contributed by atoms with Crippen molar-refractivity contribution in [3.8, 4) is 0 Å². The normalized spacial score (nSPS) is 12.6. The number of nitrogens with two attached hydrogens (primary N) is 1. The number of hydrogen-bond acceptors (Lipinski definition) is 3. The van der Waals surface area contributed by atoms with E-state index in [4.69, 9.17) is 5.84 Å². The summed E-state index contributed by atoms with van der Waals surface area (Å²) in [4.78, 5) is 2.71. The SMILES string of the molecule is CCc1ccc(C(Cc2ccc(Br)cc2)NN)s1. The highest BCUT2D eigenvalue weighted by molar-refractivity contribution is 9.10. The number of rotatable bonds is 5. The van der Waals surface area contributed by atoms with Gasteiger partial charge >= 0.3 is 0 Å². The van der Waals surface area contributed by atoms with Gasteiger partial charge in [-0.05, 0) is 42.7 Å². The maximum Gasteiger partial charge on any atom is 0.0593 e. The van der Waals surface area contributed by atoms with Crippen LogP contribution in [0.1, 0.15) is 28.3 Å². The summed E-state index contributed by atoms with van der Waals surface area (Å²) in [6.07, 6.45) is 1.99. The lowest BCUT2D eigenvalue weighted by atomic mass is 10.1. The van der Waals surface area contributed by atoms with Crippen LogP contribution in [0, 0.1) is 0 Å². The largest absolute Gasteiger partial charge is 0.271 e. The molecule has 1 atom stereocenters. The molecule has 1 aromatic heterocycles. The molecule has 3 N–H and O–H groups in total. The van der Waals surface area contributed by atoms with Gasteiger partial charge in [-0.1, -0.05) is 35.0 Å². The van der Waals surface area contributed by atoms with Gasteiger partial charge in [-0.25, -0.2) is 0 Å². The number of aryl methyl sites for hydroxylation is 1. The van der Waals surface area contributed by atoms with Crippen molar-refractivity contribution in [2.75, 3.05) is 0 Å². The third kappa shape index (κ3) is 3.42. The average molecular weight is 325 g/mol. The number of hydrazine groups is 1. The van der Waals surface area contributed by atoms with Crippen molar-refractivity contribution >= 4 is 27.3 Å². The Bertz CT molecular complexity index is 493. The first-order chi connectivity index (χ1) is 8.72. The van der Waals surface area contributed by atoms with Crippen LogP contribution in [-0.2, 0) is 12.8 Å².